The quantitative estimate of drug-likeness (QED) is 0.353. The Kier molecular flexibility index (Phi) is 6.22. The highest BCUT2D eigenvalue weighted by Crippen LogP contribution is 2.27. The van der Waals surface area contributed by atoms with Crippen LogP contribution in [0.1, 0.15) is 28.4 Å². The van der Waals surface area contributed by atoms with Crippen LogP contribution < -0.4 is 5.32 Å². The molecule has 3 rings (SSSR count). The van der Waals surface area contributed by atoms with Gasteiger partial charge in [0.15, 0.2) is 11.2 Å². The van der Waals surface area contributed by atoms with Gasteiger partial charge >= 0.3 is 5.97 Å². The van der Waals surface area contributed by atoms with Crippen LogP contribution in [0.2, 0.25) is 0 Å². The van der Waals surface area contributed by atoms with Crippen molar-refractivity contribution in [3.05, 3.63) is 74.6 Å². The molecule has 2 aromatic carbocycles. The number of anilines is 1. The Balaban J connectivity index is 1.65. The zero-order valence-electron chi connectivity index (χ0n) is 16.5. The molecule has 1 heterocycles. The third kappa shape index (κ3) is 5.06. The highest BCUT2D eigenvalue weighted by Gasteiger charge is 2.21. The van der Waals surface area contributed by atoms with E-state index in [4.69, 9.17) is 4.74 Å². The summed E-state index contributed by atoms with van der Waals surface area (Å²) in [5.74, 6) is -1.10. The number of hydrogen-bond acceptors (Lipinski definition) is 7. The van der Waals surface area contributed by atoms with Crippen molar-refractivity contribution in [2.24, 2.45) is 0 Å². The molecule has 8 nitrogen and oxygen atoms in total. The van der Waals surface area contributed by atoms with Crippen molar-refractivity contribution >= 4 is 34.0 Å². The fraction of sp³-hybridized carbons (Fsp3) is 0.190. The van der Waals surface area contributed by atoms with Crippen LogP contribution in [0.5, 0.6) is 0 Å². The minimum Gasteiger partial charge on any atom is -0.449 e. The predicted molar refractivity (Wildman–Crippen MR) is 114 cm³/mol. The normalized spacial score (nSPS) is 11.6. The average molecular weight is 425 g/mol. The van der Waals surface area contributed by atoms with Crippen LogP contribution >= 0.6 is 11.3 Å². The van der Waals surface area contributed by atoms with Gasteiger partial charge in [0.2, 0.25) is 0 Å². The molecule has 1 aromatic heterocycles. The van der Waals surface area contributed by atoms with E-state index in [0.717, 1.165) is 11.1 Å². The predicted octanol–water partition coefficient (Wildman–Crippen LogP) is 4.52. The number of nitro groups is 1. The number of rotatable bonds is 6. The molecule has 0 fully saturated rings. The second kappa shape index (κ2) is 8.83. The van der Waals surface area contributed by atoms with Gasteiger partial charge in [0.05, 0.1) is 16.2 Å². The third-order valence-electron chi connectivity index (χ3n) is 4.20. The summed E-state index contributed by atoms with van der Waals surface area (Å²) in [5, 5.41) is 15.5. The molecule has 0 aliphatic carbocycles. The molecule has 0 aliphatic heterocycles. The topological polar surface area (TPSA) is 111 Å². The number of nitro benzene ring substituents is 1. The number of carbonyl (C=O) groups excluding carboxylic acids is 2. The Bertz CT molecular complexity index is 1110. The van der Waals surface area contributed by atoms with Crippen LogP contribution in [0, 0.1) is 24.0 Å². The van der Waals surface area contributed by atoms with Crippen LogP contribution in [-0.2, 0) is 9.53 Å². The summed E-state index contributed by atoms with van der Waals surface area (Å²) in [6, 6.07) is 11.4. The first kappa shape index (κ1) is 21.1. The number of nitrogens with zero attached hydrogens (tertiary/aromatic N) is 2. The minimum absolute atomic E-state index is 0.0435. The van der Waals surface area contributed by atoms with Gasteiger partial charge in [0, 0.05) is 23.1 Å². The van der Waals surface area contributed by atoms with Crippen LogP contribution in [0.4, 0.5) is 10.8 Å². The Morgan fingerprint density at radius 3 is 2.53 bits per heavy atom. The second-order valence-corrected chi connectivity index (χ2v) is 7.62. The van der Waals surface area contributed by atoms with Gasteiger partial charge in [-0.05, 0) is 32.9 Å². The number of aryl methyl sites for hydroxylation is 2. The summed E-state index contributed by atoms with van der Waals surface area (Å²) in [4.78, 5) is 39.4. The number of carbonyl (C=O) groups is 2. The first-order valence-electron chi connectivity index (χ1n) is 9.03. The summed E-state index contributed by atoms with van der Waals surface area (Å²) in [6.45, 7) is 5.23. The molecule has 3 aromatic rings. The number of hydrogen-bond donors (Lipinski definition) is 1. The molecule has 0 saturated carbocycles. The van der Waals surface area contributed by atoms with Crippen molar-refractivity contribution in [1.29, 1.82) is 0 Å². The third-order valence-corrected chi connectivity index (χ3v) is 4.96. The number of aromatic nitrogens is 1. The summed E-state index contributed by atoms with van der Waals surface area (Å²) < 4.78 is 5.26. The Hall–Kier alpha value is -3.59. The molecule has 0 radical (unpaired) electrons. The highest BCUT2D eigenvalue weighted by molar-refractivity contribution is 7.14. The van der Waals surface area contributed by atoms with Gasteiger partial charge < -0.3 is 4.74 Å². The largest absolute Gasteiger partial charge is 0.449 e. The Morgan fingerprint density at radius 1 is 1.17 bits per heavy atom. The molecule has 1 unspecified atom stereocenters. The van der Waals surface area contributed by atoms with Crippen molar-refractivity contribution in [3.8, 4) is 11.3 Å². The van der Waals surface area contributed by atoms with Crippen molar-refractivity contribution in [2.75, 3.05) is 5.32 Å². The first-order valence-corrected chi connectivity index (χ1v) is 9.91. The number of nitrogens with one attached hydrogen (secondary N) is 1. The summed E-state index contributed by atoms with van der Waals surface area (Å²) in [6.07, 6.45) is -1.02. The van der Waals surface area contributed by atoms with Crippen LogP contribution in [0.25, 0.3) is 11.3 Å². The standard InChI is InChI=1S/C21H19N3O5S/c1-12-7-13(2)9-16(8-12)20(26)29-14(3)19(25)23-21-22-18(11-30-21)15-5-4-6-17(10-15)24(27)28/h4-11,14H,1-3H3,(H,22,23,25). The van der Waals surface area contributed by atoms with Gasteiger partial charge in [-0.25, -0.2) is 9.78 Å². The van der Waals surface area contributed by atoms with Crippen LogP contribution in [0.3, 0.4) is 0 Å². The van der Waals surface area contributed by atoms with E-state index in [0.29, 0.717) is 22.0 Å². The number of benzene rings is 2. The summed E-state index contributed by atoms with van der Waals surface area (Å²) in [5.41, 5.74) is 3.26. The van der Waals surface area contributed by atoms with Crippen LogP contribution in [-0.4, -0.2) is 27.9 Å². The summed E-state index contributed by atoms with van der Waals surface area (Å²) in [7, 11) is 0. The van der Waals surface area contributed by atoms with E-state index in [9.17, 15) is 19.7 Å². The molecule has 0 bridgehead atoms. The van der Waals surface area contributed by atoms with E-state index in [1.54, 1.807) is 29.6 Å². The van der Waals surface area contributed by atoms with Gasteiger partial charge in [-0.3, -0.25) is 20.2 Å². The van der Waals surface area contributed by atoms with Gasteiger partial charge in [-0.15, -0.1) is 11.3 Å². The highest BCUT2D eigenvalue weighted by atomic mass is 32.1. The fourth-order valence-corrected chi connectivity index (χ4v) is 3.55. The zero-order chi connectivity index (χ0) is 21.8. The van der Waals surface area contributed by atoms with Gasteiger partial charge in [0.25, 0.3) is 11.6 Å². The van der Waals surface area contributed by atoms with Crippen molar-refractivity contribution < 1.29 is 19.2 Å². The van der Waals surface area contributed by atoms with Crippen LogP contribution in [0.15, 0.2) is 47.8 Å². The van der Waals surface area contributed by atoms with E-state index in [-0.39, 0.29) is 5.69 Å². The maximum absolute atomic E-state index is 12.4. The molecule has 1 amide bonds. The summed E-state index contributed by atoms with van der Waals surface area (Å²) >= 11 is 1.17. The number of esters is 1. The fourth-order valence-electron chi connectivity index (χ4n) is 2.82. The number of non-ortho nitro benzene ring substituents is 1. The first-order chi connectivity index (χ1) is 14.2. The van der Waals surface area contributed by atoms with E-state index < -0.39 is 22.9 Å². The minimum atomic E-state index is -1.02. The second-order valence-electron chi connectivity index (χ2n) is 6.76. The maximum atomic E-state index is 12.4. The lowest BCUT2D eigenvalue weighted by Crippen LogP contribution is -2.30. The average Bonchev–Trinajstić information content (AvgIpc) is 3.15. The smallest absolute Gasteiger partial charge is 0.338 e. The van der Waals surface area contributed by atoms with Gasteiger partial charge in [0.1, 0.15) is 0 Å². The Morgan fingerprint density at radius 2 is 1.87 bits per heavy atom. The number of amides is 1. The van der Waals surface area contributed by atoms with E-state index in [1.165, 1.54) is 30.4 Å². The molecular formula is C21H19N3O5S. The van der Waals surface area contributed by atoms with Crippen molar-refractivity contribution in [2.45, 2.75) is 26.9 Å². The molecular weight excluding hydrogens is 406 g/mol. The lowest BCUT2D eigenvalue weighted by atomic mass is 10.1. The van der Waals surface area contributed by atoms with Crippen molar-refractivity contribution in [1.82, 2.24) is 4.98 Å². The molecule has 154 valence electrons. The maximum Gasteiger partial charge on any atom is 0.338 e. The van der Waals surface area contributed by atoms with Crippen molar-refractivity contribution in [3.63, 3.8) is 0 Å². The zero-order valence-corrected chi connectivity index (χ0v) is 17.4. The number of thiazole rings is 1. The van der Waals surface area contributed by atoms with Gasteiger partial charge in [-0.1, -0.05) is 29.3 Å². The molecule has 30 heavy (non-hydrogen) atoms. The Labute approximate surface area is 176 Å². The van der Waals surface area contributed by atoms with E-state index >= 15 is 0 Å². The lowest BCUT2D eigenvalue weighted by Gasteiger charge is -2.13. The lowest BCUT2D eigenvalue weighted by molar-refractivity contribution is -0.384. The molecule has 1 N–H and O–H groups in total. The molecule has 1 atom stereocenters. The molecule has 0 aliphatic rings. The molecule has 0 saturated heterocycles. The monoisotopic (exact) mass is 425 g/mol. The molecule has 9 heteroatoms. The van der Waals surface area contributed by atoms with Gasteiger partial charge in [-0.2, -0.15) is 0 Å². The number of ether oxygens (including phenoxy) is 1. The van der Waals surface area contributed by atoms with E-state index in [2.05, 4.69) is 10.3 Å². The molecule has 0 spiro atoms. The van der Waals surface area contributed by atoms with E-state index in [1.807, 2.05) is 19.9 Å². The SMILES string of the molecule is Cc1cc(C)cc(C(=O)OC(C)C(=O)Nc2nc(-c3cccc([N+](=O)[O-])c3)cs2)c1.